The summed E-state index contributed by atoms with van der Waals surface area (Å²) < 4.78 is 0. The van der Waals surface area contributed by atoms with Gasteiger partial charge in [-0.2, -0.15) is 11.3 Å². The van der Waals surface area contributed by atoms with E-state index in [4.69, 9.17) is 0 Å². The first-order chi connectivity index (χ1) is 14.1. The molecule has 2 atom stereocenters. The smallest absolute Gasteiger partial charge is 0.246 e. The molecule has 2 aromatic rings. The average molecular weight is 404 g/mol. The van der Waals surface area contributed by atoms with Crippen LogP contribution in [-0.2, 0) is 11.2 Å². The highest BCUT2D eigenvalue weighted by Crippen LogP contribution is 2.42. The number of amides is 1. The topological polar surface area (TPSA) is 45.2 Å². The molecule has 5 heteroatoms. The van der Waals surface area contributed by atoms with Gasteiger partial charge in [-0.1, -0.05) is 12.7 Å². The van der Waals surface area contributed by atoms with E-state index in [-0.39, 0.29) is 5.91 Å². The molecule has 0 bridgehead atoms. The molecule has 4 nitrogen and oxygen atoms in total. The summed E-state index contributed by atoms with van der Waals surface area (Å²) in [4.78, 5) is 19.2. The van der Waals surface area contributed by atoms with E-state index in [0.717, 1.165) is 49.4 Å². The summed E-state index contributed by atoms with van der Waals surface area (Å²) in [6, 6.07) is 2.11. The second-order valence-corrected chi connectivity index (χ2v) is 9.11. The maximum atomic E-state index is 12.7. The molecule has 29 heavy (non-hydrogen) atoms. The number of nitrogens with zero attached hydrogens (tertiary/aromatic N) is 2. The van der Waals surface area contributed by atoms with Crippen molar-refractivity contribution in [3.63, 3.8) is 0 Å². The Morgan fingerprint density at radius 1 is 1.34 bits per heavy atom. The molecule has 2 aromatic heterocycles. The van der Waals surface area contributed by atoms with Gasteiger partial charge in [0.1, 0.15) is 5.82 Å². The Morgan fingerprint density at radius 2 is 2.24 bits per heavy atom. The van der Waals surface area contributed by atoms with Gasteiger partial charge in [0.15, 0.2) is 0 Å². The third-order valence-electron chi connectivity index (χ3n) is 6.30. The number of rotatable bonds is 3. The summed E-state index contributed by atoms with van der Waals surface area (Å²) in [6.45, 7) is 7.83. The molecular formula is C24H25N3OS. The molecule has 1 fully saturated rings. The number of thiophene rings is 1. The molecule has 3 aliphatic rings. The second kappa shape index (κ2) is 7.30. The van der Waals surface area contributed by atoms with Gasteiger partial charge in [-0.05, 0) is 88.8 Å². The first kappa shape index (κ1) is 18.4. The van der Waals surface area contributed by atoms with E-state index >= 15 is 0 Å². The van der Waals surface area contributed by atoms with E-state index in [9.17, 15) is 4.79 Å². The molecular weight excluding hydrogens is 378 g/mol. The van der Waals surface area contributed by atoms with Crippen LogP contribution >= 0.6 is 11.3 Å². The number of carbonyl (C=O) groups excluding carboxylic acids is 1. The van der Waals surface area contributed by atoms with Gasteiger partial charge < -0.3 is 10.2 Å². The molecule has 5 rings (SSSR count). The third kappa shape index (κ3) is 3.55. The Morgan fingerprint density at radius 3 is 3.03 bits per heavy atom. The molecule has 1 N–H and O–H groups in total. The van der Waals surface area contributed by atoms with Crippen molar-refractivity contribution in [2.45, 2.75) is 26.2 Å². The number of hydrogen-bond acceptors (Lipinski definition) is 4. The summed E-state index contributed by atoms with van der Waals surface area (Å²) in [7, 11) is 0. The van der Waals surface area contributed by atoms with Gasteiger partial charge in [0.05, 0.1) is 0 Å². The lowest BCUT2D eigenvalue weighted by Gasteiger charge is -2.19. The SMILES string of the molecule is C=C1CCc2cc(/C=C/C(=O)N3CC4C=C(c5cscc5C)CC4C3)cnc2N1. The van der Waals surface area contributed by atoms with E-state index in [0.29, 0.717) is 11.8 Å². The summed E-state index contributed by atoms with van der Waals surface area (Å²) in [5, 5.41) is 7.70. The summed E-state index contributed by atoms with van der Waals surface area (Å²) in [6.07, 6.45) is 10.8. The van der Waals surface area contributed by atoms with Crippen molar-refractivity contribution in [3.8, 4) is 0 Å². The Hall–Kier alpha value is -2.66. The van der Waals surface area contributed by atoms with Crippen molar-refractivity contribution in [1.29, 1.82) is 0 Å². The molecule has 1 saturated heterocycles. The highest BCUT2D eigenvalue weighted by atomic mass is 32.1. The van der Waals surface area contributed by atoms with Crippen LogP contribution in [-0.4, -0.2) is 28.9 Å². The molecule has 0 spiro atoms. The zero-order valence-electron chi connectivity index (χ0n) is 16.6. The molecule has 148 valence electrons. The van der Waals surface area contributed by atoms with Gasteiger partial charge in [0, 0.05) is 31.1 Å². The van der Waals surface area contributed by atoms with Crippen LogP contribution in [0.25, 0.3) is 11.6 Å². The number of pyridine rings is 1. The fourth-order valence-electron chi connectivity index (χ4n) is 4.69. The van der Waals surface area contributed by atoms with Crippen molar-refractivity contribution in [2.75, 3.05) is 18.4 Å². The van der Waals surface area contributed by atoms with Gasteiger partial charge in [-0.25, -0.2) is 4.98 Å². The zero-order chi connectivity index (χ0) is 20.0. The molecule has 4 heterocycles. The lowest BCUT2D eigenvalue weighted by atomic mass is 9.98. The van der Waals surface area contributed by atoms with E-state index in [1.54, 1.807) is 17.4 Å². The Bertz CT molecular complexity index is 1050. The molecule has 1 amide bonds. The minimum absolute atomic E-state index is 0.102. The van der Waals surface area contributed by atoms with Gasteiger partial charge in [0.2, 0.25) is 5.91 Å². The van der Waals surface area contributed by atoms with Gasteiger partial charge in [-0.3, -0.25) is 4.79 Å². The number of fused-ring (bicyclic) bond motifs is 2. The van der Waals surface area contributed by atoms with Crippen LogP contribution in [0, 0.1) is 18.8 Å². The predicted octanol–water partition coefficient (Wildman–Crippen LogP) is 4.90. The lowest BCUT2D eigenvalue weighted by molar-refractivity contribution is -0.125. The standard InChI is InChI=1S/C24H25N3OS/c1-15-13-29-14-22(15)19-8-20-11-27(12-21(20)9-19)23(28)6-4-17-7-18-5-3-16(2)26-24(18)25-10-17/h4,6-8,10,13-14,20-21H,2-3,5,9,11-12H2,1H3,(H,25,26)/b6-4+. The van der Waals surface area contributed by atoms with E-state index in [1.807, 2.05) is 17.2 Å². The number of aromatic nitrogens is 1. The van der Waals surface area contributed by atoms with Crippen molar-refractivity contribution in [1.82, 2.24) is 9.88 Å². The summed E-state index contributed by atoms with van der Waals surface area (Å²) in [5.41, 5.74) is 7.41. The summed E-state index contributed by atoms with van der Waals surface area (Å²) in [5.74, 6) is 2.04. The van der Waals surface area contributed by atoms with Crippen LogP contribution < -0.4 is 5.32 Å². The van der Waals surface area contributed by atoms with Crippen molar-refractivity contribution >= 4 is 34.7 Å². The van der Waals surface area contributed by atoms with Crippen LogP contribution in [0.1, 0.15) is 35.1 Å². The average Bonchev–Trinajstić information content (AvgIpc) is 3.40. The number of aryl methyl sites for hydroxylation is 2. The van der Waals surface area contributed by atoms with Gasteiger partial charge in [-0.15, -0.1) is 0 Å². The largest absolute Gasteiger partial charge is 0.344 e. The fraction of sp³-hybridized carbons (Fsp3) is 0.333. The lowest BCUT2D eigenvalue weighted by Crippen LogP contribution is -2.27. The molecule has 1 aliphatic carbocycles. The molecule has 2 unspecified atom stereocenters. The van der Waals surface area contributed by atoms with Gasteiger partial charge >= 0.3 is 0 Å². The number of allylic oxidation sites excluding steroid dienone is 2. The van der Waals surface area contributed by atoms with Crippen LogP contribution in [0.5, 0.6) is 0 Å². The maximum absolute atomic E-state index is 12.7. The van der Waals surface area contributed by atoms with E-state index in [2.05, 4.69) is 46.7 Å². The monoisotopic (exact) mass is 403 g/mol. The Labute approximate surface area is 175 Å². The first-order valence-electron chi connectivity index (χ1n) is 10.2. The molecule has 0 saturated carbocycles. The number of likely N-dealkylation sites (tertiary alicyclic amines) is 1. The highest BCUT2D eigenvalue weighted by Gasteiger charge is 2.38. The predicted molar refractivity (Wildman–Crippen MR) is 120 cm³/mol. The number of hydrogen-bond donors (Lipinski definition) is 1. The Balaban J connectivity index is 1.23. The maximum Gasteiger partial charge on any atom is 0.246 e. The highest BCUT2D eigenvalue weighted by molar-refractivity contribution is 7.08. The van der Waals surface area contributed by atoms with Gasteiger partial charge in [0.25, 0.3) is 0 Å². The van der Waals surface area contributed by atoms with Crippen molar-refractivity contribution in [3.05, 3.63) is 69.7 Å². The van der Waals surface area contributed by atoms with E-state index in [1.165, 1.54) is 22.3 Å². The fourth-order valence-corrected chi connectivity index (χ4v) is 5.56. The van der Waals surface area contributed by atoms with Crippen LogP contribution in [0.3, 0.4) is 0 Å². The minimum atomic E-state index is 0.102. The van der Waals surface area contributed by atoms with Crippen molar-refractivity contribution < 1.29 is 4.79 Å². The van der Waals surface area contributed by atoms with Crippen molar-refractivity contribution in [2.24, 2.45) is 11.8 Å². The molecule has 2 aliphatic heterocycles. The molecule has 0 aromatic carbocycles. The quantitative estimate of drug-likeness (QED) is 0.742. The Kier molecular flexibility index (Phi) is 4.63. The number of anilines is 1. The third-order valence-corrected chi connectivity index (χ3v) is 7.16. The second-order valence-electron chi connectivity index (χ2n) is 8.37. The normalized spacial score (nSPS) is 23.1. The minimum Gasteiger partial charge on any atom is -0.344 e. The summed E-state index contributed by atoms with van der Waals surface area (Å²) >= 11 is 1.77. The number of carbonyl (C=O) groups is 1. The zero-order valence-corrected chi connectivity index (χ0v) is 17.5. The number of nitrogens with one attached hydrogen (secondary N) is 1. The van der Waals surface area contributed by atoms with E-state index < -0.39 is 0 Å². The van der Waals surface area contributed by atoms with Crippen LogP contribution in [0.4, 0.5) is 5.82 Å². The van der Waals surface area contributed by atoms with Crippen LogP contribution in [0.15, 0.2) is 47.5 Å². The van der Waals surface area contributed by atoms with Crippen LogP contribution in [0.2, 0.25) is 0 Å². The first-order valence-corrected chi connectivity index (χ1v) is 11.2. The molecule has 0 radical (unpaired) electrons.